The zero-order valence-corrected chi connectivity index (χ0v) is 14.2. The summed E-state index contributed by atoms with van der Waals surface area (Å²) in [7, 11) is 0. The molecule has 1 saturated carbocycles. The number of rotatable bonds is 6. The molecule has 0 aromatic carbocycles. The van der Waals surface area contributed by atoms with Crippen LogP contribution in [0.3, 0.4) is 0 Å². The Labute approximate surface area is 130 Å². The third kappa shape index (κ3) is 3.96. The van der Waals surface area contributed by atoms with Gasteiger partial charge in [0.2, 0.25) is 0 Å². The second kappa shape index (κ2) is 7.77. The first-order chi connectivity index (χ1) is 10.2. The van der Waals surface area contributed by atoms with Crippen molar-refractivity contribution in [3.63, 3.8) is 0 Å². The highest BCUT2D eigenvalue weighted by molar-refractivity contribution is 5.46. The average molecular weight is 289 g/mol. The molecule has 0 spiro atoms. The van der Waals surface area contributed by atoms with E-state index >= 15 is 0 Å². The van der Waals surface area contributed by atoms with Gasteiger partial charge in [0.15, 0.2) is 0 Å². The van der Waals surface area contributed by atoms with Gasteiger partial charge in [-0.05, 0) is 38.5 Å². The van der Waals surface area contributed by atoms with Crippen molar-refractivity contribution >= 4 is 5.82 Å². The van der Waals surface area contributed by atoms with Gasteiger partial charge in [0.1, 0.15) is 11.6 Å². The Balaban J connectivity index is 2.25. The van der Waals surface area contributed by atoms with Crippen LogP contribution in [0, 0.1) is 12.8 Å². The normalized spacial score (nSPS) is 22.3. The highest BCUT2D eigenvalue weighted by Gasteiger charge is 2.25. The topological polar surface area (TPSA) is 37.8 Å². The summed E-state index contributed by atoms with van der Waals surface area (Å²) in [6.45, 7) is 9.84. The molecule has 3 heteroatoms. The second-order valence-electron chi connectivity index (χ2n) is 6.42. The van der Waals surface area contributed by atoms with Gasteiger partial charge in [0.05, 0.1) is 0 Å². The molecule has 0 bridgehead atoms. The average Bonchev–Trinajstić information content (AvgIpc) is 2.54. The minimum atomic E-state index is 0.566. The van der Waals surface area contributed by atoms with Gasteiger partial charge in [-0.3, -0.25) is 0 Å². The van der Waals surface area contributed by atoms with Crippen LogP contribution in [0.5, 0.6) is 0 Å². The maximum Gasteiger partial charge on any atom is 0.134 e. The number of aryl methyl sites for hydroxylation is 1. The number of hydrogen-bond acceptors (Lipinski definition) is 3. The molecule has 0 saturated heterocycles. The summed E-state index contributed by atoms with van der Waals surface area (Å²) >= 11 is 0. The summed E-state index contributed by atoms with van der Waals surface area (Å²) in [5, 5.41) is 3.49. The van der Waals surface area contributed by atoms with Crippen LogP contribution < -0.4 is 5.32 Å². The van der Waals surface area contributed by atoms with Crippen LogP contribution in [-0.2, 0) is 6.42 Å². The lowest BCUT2D eigenvalue weighted by molar-refractivity contribution is 0.307. The largest absolute Gasteiger partial charge is 0.370 e. The fraction of sp³-hybridized carbons (Fsp3) is 0.778. The van der Waals surface area contributed by atoms with Crippen molar-refractivity contribution in [3.8, 4) is 0 Å². The SMILES string of the molecule is CCCNc1nc(C2CCCC(CC)C2)nc(CC)c1C. The molecule has 1 aromatic heterocycles. The van der Waals surface area contributed by atoms with E-state index in [2.05, 4.69) is 33.0 Å². The molecule has 1 heterocycles. The fourth-order valence-corrected chi connectivity index (χ4v) is 3.42. The Kier molecular flexibility index (Phi) is 6.01. The van der Waals surface area contributed by atoms with Crippen LogP contribution in [0.4, 0.5) is 5.82 Å². The number of nitrogens with zero attached hydrogens (tertiary/aromatic N) is 2. The molecular formula is C18H31N3. The van der Waals surface area contributed by atoms with Crippen LogP contribution in [0.1, 0.15) is 82.3 Å². The summed E-state index contributed by atoms with van der Waals surface area (Å²) in [6, 6.07) is 0. The molecule has 2 rings (SSSR count). The molecule has 1 aliphatic rings. The molecule has 1 N–H and O–H groups in total. The van der Waals surface area contributed by atoms with E-state index in [1.807, 2.05) is 0 Å². The first kappa shape index (κ1) is 16.3. The first-order valence-electron chi connectivity index (χ1n) is 8.80. The van der Waals surface area contributed by atoms with Crippen molar-refractivity contribution in [2.75, 3.05) is 11.9 Å². The van der Waals surface area contributed by atoms with E-state index in [0.29, 0.717) is 5.92 Å². The summed E-state index contributed by atoms with van der Waals surface area (Å²) in [5.74, 6) is 3.59. The molecule has 1 aliphatic carbocycles. The number of aromatic nitrogens is 2. The maximum atomic E-state index is 4.90. The van der Waals surface area contributed by atoms with E-state index in [9.17, 15) is 0 Å². The third-order valence-corrected chi connectivity index (χ3v) is 4.87. The minimum Gasteiger partial charge on any atom is -0.370 e. The van der Waals surface area contributed by atoms with Gasteiger partial charge in [-0.1, -0.05) is 40.0 Å². The lowest BCUT2D eigenvalue weighted by Gasteiger charge is -2.28. The zero-order valence-electron chi connectivity index (χ0n) is 14.2. The molecule has 118 valence electrons. The van der Waals surface area contributed by atoms with Gasteiger partial charge in [-0.25, -0.2) is 9.97 Å². The van der Waals surface area contributed by atoms with E-state index in [0.717, 1.165) is 36.9 Å². The van der Waals surface area contributed by atoms with E-state index in [4.69, 9.17) is 9.97 Å². The fourth-order valence-electron chi connectivity index (χ4n) is 3.42. The Bertz CT molecular complexity index is 456. The zero-order chi connectivity index (χ0) is 15.2. The Morgan fingerprint density at radius 1 is 1.14 bits per heavy atom. The number of hydrogen-bond donors (Lipinski definition) is 1. The Morgan fingerprint density at radius 2 is 1.95 bits per heavy atom. The second-order valence-corrected chi connectivity index (χ2v) is 6.42. The molecule has 21 heavy (non-hydrogen) atoms. The lowest BCUT2D eigenvalue weighted by Crippen LogP contribution is -2.18. The first-order valence-corrected chi connectivity index (χ1v) is 8.80. The van der Waals surface area contributed by atoms with Crippen molar-refractivity contribution in [1.82, 2.24) is 9.97 Å². The van der Waals surface area contributed by atoms with Gasteiger partial charge in [0.25, 0.3) is 0 Å². The van der Waals surface area contributed by atoms with Crippen LogP contribution in [0.25, 0.3) is 0 Å². The molecule has 2 atom stereocenters. The standard InChI is InChI=1S/C18H31N3/c1-5-11-19-17-13(4)16(7-3)20-18(21-17)15-10-8-9-14(6-2)12-15/h14-15H,5-12H2,1-4H3,(H,19,20,21). The number of anilines is 1. The molecule has 0 radical (unpaired) electrons. The van der Waals surface area contributed by atoms with Crippen LogP contribution in [-0.4, -0.2) is 16.5 Å². The van der Waals surface area contributed by atoms with Crippen LogP contribution in [0.2, 0.25) is 0 Å². The van der Waals surface area contributed by atoms with Crippen molar-refractivity contribution in [3.05, 3.63) is 17.1 Å². The molecule has 0 amide bonds. The van der Waals surface area contributed by atoms with Crippen molar-refractivity contribution < 1.29 is 0 Å². The van der Waals surface area contributed by atoms with Crippen molar-refractivity contribution in [2.24, 2.45) is 5.92 Å². The van der Waals surface area contributed by atoms with E-state index < -0.39 is 0 Å². The van der Waals surface area contributed by atoms with Crippen molar-refractivity contribution in [2.45, 2.75) is 78.6 Å². The van der Waals surface area contributed by atoms with Crippen molar-refractivity contribution in [1.29, 1.82) is 0 Å². The predicted octanol–water partition coefficient (Wildman–Crippen LogP) is 4.85. The van der Waals surface area contributed by atoms with E-state index in [1.165, 1.54) is 43.4 Å². The smallest absolute Gasteiger partial charge is 0.134 e. The monoisotopic (exact) mass is 289 g/mol. The van der Waals surface area contributed by atoms with E-state index in [-0.39, 0.29) is 0 Å². The van der Waals surface area contributed by atoms with E-state index in [1.54, 1.807) is 0 Å². The summed E-state index contributed by atoms with van der Waals surface area (Å²) in [5.41, 5.74) is 2.45. The third-order valence-electron chi connectivity index (χ3n) is 4.87. The predicted molar refractivity (Wildman–Crippen MR) is 89.9 cm³/mol. The molecule has 0 aliphatic heterocycles. The van der Waals surface area contributed by atoms with Gasteiger partial charge >= 0.3 is 0 Å². The molecule has 2 unspecified atom stereocenters. The highest BCUT2D eigenvalue weighted by atomic mass is 15.0. The molecule has 1 aromatic rings. The summed E-state index contributed by atoms with van der Waals surface area (Å²) in [6.07, 6.45) is 8.67. The summed E-state index contributed by atoms with van der Waals surface area (Å²) < 4.78 is 0. The van der Waals surface area contributed by atoms with Crippen LogP contribution >= 0.6 is 0 Å². The van der Waals surface area contributed by atoms with Gasteiger partial charge in [-0.2, -0.15) is 0 Å². The Morgan fingerprint density at radius 3 is 2.62 bits per heavy atom. The molecular weight excluding hydrogens is 258 g/mol. The number of nitrogens with one attached hydrogen (secondary N) is 1. The van der Waals surface area contributed by atoms with Gasteiger partial charge < -0.3 is 5.32 Å². The maximum absolute atomic E-state index is 4.90. The summed E-state index contributed by atoms with van der Waals surface area (Å²) in [4.78, 5) is 9.79. The van der Waals surface area contributed by atoms with Crippen LogP contribution in [0.15, 0.2) is 0 Å². The quantitative estimate of drug-likeness (QED) is 0.813. The minimum absolute atomic E-state index is 0.566. The molecule has 3 nitrogen and oxygen atoms in total. The lowest BCUT2D eigenvalue weighted by atomic mass is 9.80. The van der Waals surface area contributed by atoms with Gasteiger partial charge in [0, 0.05) is 23.7 Å². The Hall–Kier alpha value is -1.12. The highest BCUT2D eigenvalue weighted by Crippen LogP contribution is 2.36. The molecule has 1 fully saturated rings. The van der Waals surface area contributed by atoms with Gasteiger partial charge in [-0.15, -0.1) is 0 Å².